The molecule has 0 bridgehead atoms. The average Bonchev–Trinajstić information content (AvgIpc) is 2.66. The number of benzene rings is 1. The molecular formula is C20H23F3N4O3S. The number of sulfonamides is 1. The number of alkyl halides is 3. The summed E-state index contributed by atoms with van der Waals surface area (Å²) in [6.45, 7) is 7.53. The number of aromatic nitrogens is 1. The van der Waals surface area contributed by atoms with Gasteiger partial charge in [-0.15, -0.1) is 0 Å². The molecule has 0 fully saturated rings. The summed E-state index contributed by atoms with van der Waals surface area (Å²) in [6, 6.07) is 6.89. The smallest absolute Gasteiger partial charge is 0.370 e. The Balaban J connectivity index is 2.14. The number of carbonyl (C=O) groups is 1. The van der Waals surface area contributed by atoms with Crippen molar-refractivity contribution in [2.75, 3.05) is 22.8 Å². The normalized spacial score (nSPS) is 11.7. The molecule has 3 N–H and O–H groups in total. The van der Waals surface area contributed by atoms with Crippen LogP contribution in [0.25, 0.3) is 5.57 Å². The Hall–Kier alpha value is -3.08. The van der Waals surface area contributed by atoms with Gasteiger partial charge in [0, 0.05) is 24.2 Å². The van der Waals surface area contributed by atoms with Crippen LogP contribution in [0.15, 0.2) is 36.9 Å². The van der Waals surface area contributed by atoms with Crippen molar-refractivity contribution in [3.63, 3.8) is 0 Å². The topological polar surface area (TPSA) is 100 Å². The molecule has 0 aliphatic heterocycles. The highest BCUT2D eigenvalue weighted by molar-refractivity contribution is 7.92. The van der Waals surface area contributed by atoms with E-state index in [4.69, 9.17) is 0 Å². The van der Waals surface area contributed by atoms with Gasteiger partial charge in [0.15, 0.2) is 0 Å². The molecule has 168 valence electrons. The average molecular weight is 456 g/mol. The van der Waals surface area contributed by atoms with Gasteiger partial charge in [0.05, 0.1) is 11.9 Å². The number of anilines is 2. The second-order valence-electron chi connectivity index (χ2n) is 6.81. The van der Waals surface area contributed by atoms with Crippen LogP contribution in [0.4, 0.5) is 24.7 Å². The highest BCUT2D eigenvalue weighted by Gasteiger charge is 2.33. The minimum Gasteiger partial charge on any atom is -0.370 e. The Labute approximate surface area is 178 Å². The second-order valence-corrected chi connectivity index (χ2v) is 8.55. The Kier molecular flexibility index (Phi) is 7.32. The standard InChI is InChI=1S/C20H23F3N4O3S/c1-5-24-18-15(7-9-17(26-18)20(21,22)23)13(3)19(28)25-11-14-6-8-16(12(2)10-14)27-31(4,29)30/h6-10,27H,3,5,11H2,1-2,4H3,(H,24,26)(H,25,28). The molecule has 1 aromatic carbocycles. The number of hydrogen-bond donors (Lipinski definition) is 3. The molecule has 0 aliphatic carbocycles. The van der Waals surface area contributed by atoms with E-state index >= 15 is 0 Å². The number of halogens is 3. The fourth-order valence-electron chi connectivity index (χ4n) is 2.72. The molecule has 0 spiro atoms. The van der Waals surface area contributed by atoms with E-state index in [1.54, 1.807) is 32.0 Å². The van der Waals surface area contributed by atoms with Crippen molar-refractivity contribution in [3.8, 4) is 0 Å². The minimum absolute atomic E-state index is 0.0377. The number of aryl methyl sites for hydroxylation is 1. The highest BCUT2D eigenvalue weighted by atomic mass is 32.2. The molecule has 7 nitrogen and oxygen atoms in total. The third-order valence-electron chi connectivity index (χ3n) is 4.17. The maximum absolute atomic E-state index is 12.9. The van der Waals surface area contributed by atoms with Crippen LogP contribution in [-0.2, 0) is 27.5 Å². The van der Waals surface area contributed by atoms with E-state index in [-0.39, 0.29) is 23.5 Å². The van der Waals surface area contributed by atoms with Crippen LogP contribution in [0.3, 0.4) is 0 Å². The van der Waals surface area contributed by atoms with E-state index in [9.17, 15) is 26.4 Å². The largest absolute Gasteiger partial charge is 0.433 e. The van der Waals surface area contributed by atoms with Crippen LogP contribution in [0.5, 0.6) is 0 Å². The monoisotopic (exact) mass is 456 g/mol. The lowest BCUT2D eigenvalue weighted by Crippen LogP contribution is -2.24. The van der Waals surface area contributed by atoms with Crippen molar-refractivity contribution < 1.29 is 26.4 Å². The first kappa shape index (κ1) is 24.2. The Morgan fingerprint density at radius 3 is 2.42 bits per heavy atom. The molecule has 11 heteroatoms. The lowest BCUT2D eigenvalue weighted by Gasteiger charge is -2.15. The van der Waals surface area contributed by atoms with Gasteiger partial charge in [-0.1, -0.05) is 18.7 Å². The first-order chi connectivity index (χ1) is 14.3. The first-order valence-electron chi connectivity index (χ1n) is 9.18. The van der Waals surface area contributed by atoms with Crippen LogP contribution in [0, 0.1) is 6.92 Å². The lowest BCUT2D eigenvalue weighted by atomic mass is 10.1. The molecule has 2 aromatic rings. The van der Waals surface area contributed by atoms with Gasteiger partial charge < -0.3 is 10.6 Å². The van der Waals surface area contributed by atoms with Gasteiger partial charge in [0.25, 0.3) is 5.91 Å². The second kappa shape index (κ2) is 9.38. The van der Waals surface area contributed by atoms with E-state index in [1.807, 2.05) is 0 Å². The Morgan fingerprint density at radius 1 is 1.19 bits per heavy atom. The number of hydrogen-bond acceptors (Lipinski definition) is 5. The SMILES string of the molecule is C=C(C(=O)NCc1ccc(NS(C)(=O)=O)c(C)c1)c1ccc(C(F)(F)F)nc1NCC. The molecule has 1 aromatic heterocycles. The fraction of sp³-hybridized carbons (Fsp3) is 0.300. The molecule has 0 atom stereocenters. The summed E-state index contributed by atoms with van der Waals surface area (Å²) >= 11 is 0. The van der Waals surface area contributed by atoms with E-state index in [0.29, 0.717) is 23.4 Å². The zero-order chi connectivity index (χ0) is 23.4. The minimum atomic E-state index is -4.61. The zero-order valence-electron chi connectivity index (χ0n) is 17.2. The van der Waals surface area contributed by atoms with Gasteiger partial charge in [-0.25, -0.2) is 13.4 Å². The van der Waals surface area contributed by atoms with Gasteiger partial charge in [0.1, 0.15) is 11.5 Å². The van der Waals surface area contributed by atoms with Crippen molar-refractivity contribution in [1.82, 2.24) is 10.3 Å². The highest BCUT2D eigenvalue weighted by Crippen LogP contribution is 2.31. The van der Waals surface area contributed by atoms with Crippen LogP contribution < -0.4 is 15.4 Å². The van der Waals surface area contributed by atoms with Crippen LogP contribution in [-0.4, -0.2) is 32.1 Å². The quantitative estimate of drug-likeness (QED) is 0.528. The fourth-order valence-corrected chi connectivity index (χ4v) is 3.35. The Morgan fingerprint density at radius 2 is 1.87 bits per heavy atom. The summed E-state index contributed by atoms with van der Waals surface area (Å²) in [5.74, 6) is -0.652. The van der Waals surface area contributed by atoms with Gasteiger partial charge in [0.2, 0.25) is 10.0 Å². The van der Waals surface area contributed by atoms with E-state index < -0.39 is 27.8 Å². The van der Waals surface area contributed by atoms with Crippen molar-refractivity contribution in [2.24, 2.45) is 0 Å². The molecule has 1 heterocycles. The van der Waals surface area contributed by atoms with Crippen molar-refractivity contribution in [2.45, 2.75) is 26.6 Å². The maximum Gasteiger partial charge on any atom is 0.433 e. The summed E-state index contributed by atoms with van der Waals surface area (Å²) in [7, 11) is -3.42. The number of amides is 1. The zero-order valence-corrected chi connectivity index (χ0v) is 18.0. The van der Waals surface area contributed by atoms with Gasteiger partial charge in [-0.3, -0.25) is 9.52 Å². The molecular weight excluding hydrogens is 433 g/mol. The van der Waals surface area contributed by atoms with Crippen LogP contribution in [0.1, 0.15) is 29.3 Å². The maximum atomic E-state index is 12.9. The predicted molar refractivity (Wildman–Crippen MR) is 114 cm³/mol. The number of nitrogens with one attached hydrogen (secondary N) is 3. The lowest BCUT2D eigenvalue weighted by molar-refractivity contribution is -0.141. The van der Waals surface area contributed by atoms with Crippen LogP contribution >= 0.6 is 0 Å². The van der Waals surface area contributed by atoms with Crippen molar-refractivity contribution in [3.05, 3.63) is 59.3 Å². The van der Waals surface area contributed by atoms with E-state index in [2.05, 4.69) is 26.9 Å². The summed E-state index contributed by atoms with van der Waals surface area (Å²) < 4.78 is 63.9. The molecule has 0 radical (unpaired) electrons. The molecule has 0 unspecified atom stereocenters. The summed E-state index contributed by atoms with van der Waals surface area (Å²) in [5.41, 5.74) is 0.847. The number of rotatable bonds is 8. The van der Waals surface area contributed by atoms with Gasteiger partial charge >= 0.3 is 6.18 Å². The number of carbonyl (C=O) groups excluding carboxylic acids is 1. The van der Waals surface area contributed by atoms with Crippen LogP contribution in [0.2, 0.25) is 0 Å². The number of pyridine rings is 1. The Bertz CT molecular complexity index is 1100. The molecule has 0 aliphatic rings. The van der Waals surface area contributed by atoms with E-state index in [1.165, 1.54) is 0 Å². The summed E-state index contributed by atoms with van der Waals surface area (Å²) in [5, 5.41) is 5.37. The van der Waals surface area contributed by atoms with Crippen molar-refractivity contribution >= 4 is 33.0 Å². The summed E-state index contributed by atoms with van der Waals surface area (Å²) in [6.07, 6.45) is -3.56. The first-order valence-corrected chi connectivity index (χ1v) is 11.1. The molecule has 0 saturated heterocycles. The third-order valence-corrected chi connectivity index (χ3v) is 4.76. The molecule has 1 amide bonds. The van der Waals surface area contributed by atoms with Crippen molar-refractivity contribution in [1.29, 1.82) is 0 Å². The molecule has 0 saturated carbocycles. The third kappa shape index (κ3) is 6.71. The predicted octanol–water partition coefficient (Wildman–Crippen LogP) is 3.54. The molecule has 31 heavy (non-hydrogen) atoms. The molecule has 2 rings (SSSR count). The summed E-state index contributed by atoms with van der Waals surface area (Å²) in [4.78, 5) is 16.1. The van der Waals surface area contributed by atoms with Gasteiger partial charge in [-0.2, -0.15) is 13.2 Å². The van der Waals surface area contributed by atoms with Gasteiger partial charge in [-0.05, 0) is 43.2 Å². The van der Waals surface area contributed by atoms with E-state index in [0.717, 1.165) is 18.4 Å². The number of nitrogens with zero attached hydrogens (tertiary/aromatic N) is 1.